The van der Waals surface area contributed by atoms with Gasteiger partial charge in [-0.25, -0.2) is 0 Å². The largest absolute Gasteiger partial charge is 0.470 e. The molecule has 0 radical (unpaired) electrons. The van der Waals surface area contributed by atoms with Crippen LogP contribution in [0.4, 0.5) is 0 Å². The Labute approximate surface area is 68.2 Å². The number of allylic oxidation sites excluding steroid dienone is 1. The van der Waals surface area contributed by atoms with Crippen molar-refractivity contribution in [1.82, 2.24) is 0 Å². The lowest BCUT2D eigenvalue weighted by Gasteiger charge is -2.43. The standard InChI is InChI=1S/C9H16O2/c1-4-5-6-10-9(3)8(2)7-11-9/h5-6,8H,4,7H2,1-3H3. The minimum absolute atomic E-state index is 0.355. The predicted octanol–water partition coefficient (Wildman–Crippen LogP) is 2.31. The second-order valence-electron chi connectivity index (χ2n) is 3.13. The van der Waals surface area contributed by atoms with E-state index < -0.39 is 0 Å². The van der Waals surface area contributed by atoms with Crippen LogP contribution in [-0.4, -0.2) is 12.4 Å². The topological polar surface area (TPSA) is 18.5 Å². The summed E-state index contributed by atoms with van der Waals surface area (Å²) in [6, 6.07) is 0. The van der Waals surface area contributed by atoms with E-state index in [1.54, 1.807) is 6.26 Å². The zero-order valence-electron chi connectivity index (χ0n) is 7.46. The Hall–Kier alpha value is -0.500. The fourth-order valence-corrected chi connectivity index (χ4v) is 0.914. The first-order valence-electron chi connectivity index (χ1n) is 4.16. The minimum Gasteiger partial charge on any atom is -0.470 e. The molecule has 0 aromatic carbocycles. The summed E-state index contributed by atoms with van der Waals surface area (Å²) in [6.45, 7) is 6.99. The van der Waals surface area contributed by atoms with Crippen molar-refractivity contribution in [1.29, 1.82) is 0 Å². The van der Waals surface area contributed by atoms with Gasteiger partial charge in [-0.15, -0.1) is 0 Å². The summed E-state index contributed by atoms with van der Waals surface area (Å²) in [4.78, 5) is 0. The first kappa shape index (κ1) is 8.60. The molecule has 0 amide bonds. The van der Waals surface area contributed by atoms with Crippen LogP contribution >= 0.6 is 0 Å². The zero-order chi connectivity index (χ0) is 8.32. The van der Waals surface area contributed by atoms with Crippen LogP contribution in [0.1, 0.15) is 27.2 Å². The molecule has 1 fully saturated rings. The van der Waals surface area contributed by atoms with Crippen molar-refractivity contribution in [3.05, 3.63) is 12.3 Å². The average molecular weight is 156 g/mol. The van der Waals surface area contributed by atoms with E-state index in [1.807, 2.05) is 13.0 Å². The third-order valence-electron chi connectivity index (χ3n) is 2.15. The van der Waals surface area contributed by atoms with Gasteiger partial charge in [0.25, 0.3) is 0 Å². The van der Waals surface area contributed by atoms with E-state index in [-0.39, 0.29) is 5.79 Å². The van der Waals surface area contributed by atoms with Crippen molar-refractivity contribution < 1.29 is 9.47 Å². The van der Waals surface area contributed by atoms with E-state index in [0.717, 1.165) is 13.0 Å². The van der Waals surface area contributed by atoms with Crippen molar-refractivity contribution in [2.24, 2.45) is 5.92 Å². The molecule has 0 spiro atoms. The van der Waals surface area contributed by atoms with E-state index in [9.17, 15) is 0 Å². The lowest BCUT2D eigenvalue weighted by atomic mass is 9.98. The number of hydrogen-bond acceptors (Lipinski definition) is 2. The Bertz CT molecular complexity index is 154. The summed E-state index contributed by atoms with van der Waals surface area (Å²) in [5.74, 6) is 0.148. The van der Waals surface area contributed by atoms with E-state index in [0.29, 0.717) is 5.92 Å². The molecule has 0 saturated carbocycles. The van der Waals surface area contributed by atoms with Crippen LogP contribution in [0.15, 0.2) is 12.3 Å². The first-order chi connectivity index (χ1) is 5.19. The Morgan fingerprint density at radius 2 is 2.45 bits per heavy atom. The quantitative estimate of drug-likeness (QED) is 0.584. The average Bonchev–Trinajstić information content (AvgIpc) is 2.02. The maximum atomic E-state index is 5.42. The van der Waals surface area contributed by atoms with Crippen LogP contribution in [0.3, 0.4) is 0 Å². The molecule has 64 valence electrons. The van der Waals surface area contributed by atoms with E-state index >= 15 is 0 Å². The van der Waals surface area contributed by atoms with Crippen LogP contribution in [0.2, 0.25) is 0 Å². The summed E-state index contributed by atoms with van der Waals surface area (Å²) >= 11 is 0. The minimum atomic E-state index is -0.355. The highest BCUT2D eigenvalue weighted by molar-refractivity contribution is 4.84. The van der Waals surface area contributed by atoms with E-state index in [2.05, 4.69) is 13.8 Å². The van der Waals surface area contributed by atoms with Gasteiger partial charge in [0.2, 0.25) is 5.79 Å². The van der Waals surface area contributed by atoms with Gasteiger partial charge in [0.05, 0.1) is 12.9 Å². The molecule has 0 bridgehead atoms. The second-order valence-corrected chi connectivity index (χ2v) is 3.13. The number of ether oxygens (including phenoxy) is 2. The van der Waals surface area contributed by atoms with E-state index in [4.69, 9.17) is 9.47 Å². The summed E-state index contributed by atoms with van der Waals surface area (Å²) in [6.07, 6.45) is 4.72. The van der Waals surface area contributed by atoms with Gasteiger partial charge in [-0.2, -0.15) is 0 Å². The van der Waals surface area contributed by atoms with Crippen LogP contribution < -0.4 is 0 Å². The SMILES string of the molecule is CCC=COC1(C)OCC1C. The van der Waals surface area contributed by atoms with Gasteiger partial charge in [0.15, 0.2) is 0 Å². The van der Waals surface area contributed by atoms with Crippen LogP contribution in [0, 0.1) is 5.92 Å². The highest BCUT2D eigenvalue weighted by Gasteiger charge is 2.42. The van der Waals surface area contributed by atoms with Gasteiger partial charge in [-0.1, -0.05) is 13.8 Å². The highest BCUT2D eigenvalue weighted by atomic mass is 16.7. The van der Waals surface area contributed by atoms with Crippen molar-refractivity contribution in [3.63, 3.8) is 0 Å². The lowest BCUT2D eigenvalue weighted by molar-refractivity contribution is -0.311. The van der Waals surface area contributed by atoms with Gasteiger partial charge in [0, 0.05) is 12.8 Å². The van der Waals surface area contributed by atoms with Crippen molar-refractivity contribution in [3.8, 4) is 0 Å². The maximum absolute atomic E-state index is 5.42. The van der Waals surface area contributed by atoms with Crippen molar-refractivity contribution in [2.75, 3.05) is 6.61 Å². The van der Waals surface area contributed by atoms with Crippen LogP contribution in [0.25, 0.3) is 0 Å². The molecule has 1 saturated heterocycles. The number of hydrogen-bond donors (Lipinski definition) is 0. The normalized spacial score (nSPS) is 37.2. The molecular weight excluding hydrogens is 140 g/mol. The molecule has 0 aromatic heterocycles. The molecule has 1 aliphatic rings. The molecule has 2 atom stereocenters. The molecule has 1 aliphatic heterocycles. The summed E-state index contributed by atoms with van der Waals surface area (Å²) in [7, 11) is 0. The van der Waals surface area contributed by atoms with Gasteiger partial charge in [0.1, 0.15) is 0 Å². The fraction of sp³-hybridized carbons (Fsp3) is 0.778. The van der Waals surface area contributed by atoms with Crippen molar-refractivity contribution in [2.45, 2.75) is 33.0 Å². The maximum Gasteiger partial charge on any atom is 0.211 e. The molecular formula is C9H16O2. The predicted molar refractivity (Wildman–Crippen MR) is 44.0 cm³/mol. The molecule has 2 nitrogen and oxygen atoms in total. The van der Waals surface area contributed by atoms with Crippen LogP contribution in [-0.2, 0) is 9.47 Å². The van der Waals surface area contributed by atoms with Gasteiger partial charge in [-0.3, -0.25) is 0 Å². The molecule has 11 heavy (non-hydrogen) atoms. The molecule has 2 heteroatoms. The number of rotatable bonds is 3. The zero-order valence-corrected chi connectivity index (χ0v) is 7.46. The van der Waals surface area contributed by atoms with Gasteiger partial charge in [-0.05, 0) is 12.5 Å². The molecule has 0 aromatic rings. The molecule has 2 unspecified atom stereocenters. The lowest BCUT2D eigenvalue weighted by Crippen LogP contribution is -2.50. The molecule has 1 rings (SSSR count). The van der Waals surface area contributed by atoms with E-state index in [1.165, 1.54) is 0 Å². The Kier molecular flexibility index (Phi) is 2.55. The van der Waals surface area contributed by atoms with Gasteiger partial charge >= 0.3 is 0 Å². The smallest absolute Gasteiger partial charge is 0.211 e. The molecule has 1 heterocycles. The molecule has 0 aliphatic carbocycles. The first-order valence-corrected chi connectivity index (χ1v) is 4.16. The summed E-state index contributed by atoms with van der Waals surface area (Å²) in [5, 5.41) is 0. The third-order valence-corrected chi connectivity index (χ3v) is 2.15. The second kappa shape index (κ2) is 3.26. The van der Waals surface area contributed by atoms with Crippen LogP contribution in [0.5, 0.6) is 0 Å². The summed E-state index contributed by atoms with van der Waals surface area (Å²) < 4.78 is 10.7. The Morgan fingerprint density at radius 1 is 1.73 bits per heavy atom. The monoisotopic (exact) mass is 156 g/mol. The highest BCUT2D eigenvalue weighted by Crippen LogP contribution is 2.33. The third kappa shape index (κ3) is 1.74. The van der Waals surface area contributed by atoms with Gasteiger partial charge < -0.3 is 9.47 Å². The molecule has 0 N–H and O–H groups in total. The fourth-order valence-electron chi connectivity index (χ4n) is 0.914. The summed E-state index contributed by atoms with van der Waals surface area (Å²) in [5.41, 5.74) is 0. The Morgan fingerprint density at radius 3 is 2.82 bits per heavy atom. The Balaban J connectivity index is 2.30. The van der Waals surface area contributed by atoms with Crippen molar-refractivity contribution >= 4 is 0 Å².